The van der Waals surface area contributed by atoms with Crippen LogP contribution in [0.15, 0.2) is 0 Å². The second-order valence-electron chi connectivity index (χ2n) is 6.64. The summed E-state index contributed by atoms with van der Waals surface area (Å²) in [5, 5.41) is 0. The molecule has 3 heterocycles. The number of piperazine rings is 1. The van der Waals surface area contributed by atoms with E-state index < -0.39 is 0 Å². The Bertz CT molecular complexity index is 510. The third-order valence-corrected chi connectivity index (χ3v) is 4.62. The molecule has 3 rings (SSSR count). The molecule has 2 N–H and O–H groups in total. The number of aromatic nitrogens is 3. The molecule has 2 aliphatic heterocycles. The lowest BCUT2D eigenvalue weighted by atomic mass is 10.0. The maximum Gasteiger partial charge on any atom is 0.232 e. The van der Waals surface area contributed by atoms with Crippen molar-refractivity contribution in [3.63, 3.8) is 0 Å². The topological polar surface area (TPSA) is 74.4 Å². The van der Waals surface area contributed by atoms with E-state index in [1.54, 1.807) is 0 Å². The van der Waals surface area contributed by atoms with Gasteiger partial charge in [-0.1, -0.05) is 0 Å². The molecule has 116 valence electrons. The number of rotatable bonds is 2. The van der Waals surface area contributed by atoms with Gasteiger partial charge in [0.05, 0.1) is 0 Å². The van der Waals surface area contributed by atoms with Gasteiger partial charge >= 0.3 is 0 Å². The minimum absolute atomic E-state index is 0.105. The van der Waals surface area contributed by atoms with E-state index in [2.05, 4.69) is 50.5 Å². The molecule has 2 aliphatic rings. The Labute approximate surface area is 126 Å². The van der Waals surface area contributed by atoms with Crippen molar-refractivity contribution in [3.05, 3.63) is 0 Å². The highest BCUT2D eigenvalue weighted by molar-refractivity contribution is 5.44. The number of anilines is 3. The van der Waals surface area contributed by atoms with Gasteiger partial charge in [0.2, 0.25) is 17.8 Å². The second kappa shape index (κ2) is 5.29. The number of likely N-dealkylation sites (N-methyl/N-ethyl adjacent to an activating group) is 1. The fraction of sp³-hybridized carbons (Fsp3) is 0.786. The minimum Gasteiger partial charge on any atom is -0.368 e. The van der Waals surface area contributed by atoms with E-state index in [0.29, 0.717) is 11.9 Å². The smallest absolute Gasteiger partial charge is 0.232 e. The van der Waals surface area contributed by atoms with Crippen molar-refractivity contribution in [1.29, 1.82) is 0 Å². The van der Waals surface area contributed by atoms with Crippen molar-refractivity contribution in [1.82, 2.24) is 19.9 Å². The molecule has 0 amide bonds. The zero-order valence-electron chi connectivity index (χ0n) is 13.2. The molecule has 2 fully saturated rings. The van der Waals surface area contributed by atoms with Crippen LogP contribution in [0.1, 0.15) is 26.7 Å². The van der Waals surface area contributed by atoms with Crippen molar-refractivity contribution in [2.75, 3.05) is 55.3 Å². The van der Waals surface area contributed by atoms with Crippen LogP contribution in [-0.2, 0) is 0 Å². The van der Waals surface area contributed by atoms with Gasteiger partial charge in [-0.2, -0.15) is 15.0 Å². The Balaban J connectivity index is 1.85. The highest BCUT2D eigenvalue weighted by Crippen LogP contribution is 2.24. The van der Waals surface area contributed by atoms with Gasteiger partial charge in [-0.3, -0.25) is 4.90 Å². The summed E-state index contributed by atoms with van der Waals surface area (Å²) in [4.78, 5) is 20.1. The fourth-order valence-corrected chi connectivity index (χ4v) is 2.98. The van der Waals surface area contributed by atoms with E-state index in [1.165, 1.54) is 12.8 Å². The molecular formula is C14H25N7. The Morgan fingerprint density at radius 2 is 1.52 bits per heavy atom. The van der Waals surface area contributed by atoms with Crippen LogP contribution in [0.3, 0.4) is 0 Å². The van der Waals surface area contributed by atoms with Crippen LogP contribution < -0.4 is 15.5 Å². The average Bonchev–Trinajstić information content (AvgIpc) is 2.95. The molecule has 1 aromatic rings. The lowest BCUT2D eigenvalue weighted by molar-refractivity contribution is 0.138. The summed E-state index contributed by atoms with van der Waals surface area (Å²) in [7, 11) is 2.16. The summed E-state index contributed by atoms with van der Waals surface area (Å²) in [6, 6.07) is 0. The van der Waals surface area contributed by atoms with Gasteiger partial charge in [0.15, 0.2) is 0 Å². The highest BCUT2D eigenvalue weighted by atomic mass is 15.4. The fourth-order valence-electron chi connectivity index (χ4n) is 2.98. The van der Waals surface area contributed by atoms with Crippen molar-refractivity contribution >= 4 is 17.8 Å². The van der Waals surface area contributed by atoms with Crippen LogP contribution in [0.5, 0.6) is 0 Å². The van der Waals surface area contributed by atoms with E-state index in [9.17, 15) is 0 Å². The summed E-state index contributed by atoms with van der Waals surface area (Å²) in [5.74, 6) is 1.76. The maximum atomic E-state index is 5.90. The van der Waals surface area contributed by atoms with Crippen LogP contribution in [0, 0.1) is 0 Å². The summed E-state index contributed by atoms with van der Waals surface area (Å²) in [6.07, 6.45) is 2.39. The van der Waals surface area contributed by atoms with Crippen LogP contribution >= 0.6 is 0 Å². The van der Waals surface area contributed by atoms with Crippen LogP contribution in [0.4, 0.5) is 17.8 Å². The molecule has 0 spiro atoms. The number of hydrogen-bond acceptors (Lipinski definition) is 7. The average molecular weight is 291 g/mol. The third kappa shape index (κ3) is 2.88. The third-order valence-electron chi connectivity index (χ3n) is 4.62. The summed E-state index contributed by atoms with van der Waals surface area (Å²) >= 11 is 0. The van der Waals surface area contributed by atoms with Gasteiger partial charge < -0.3 is 15.5 Å². The van der Waals surface area contributed by atoms with Gasteiger partial charge in [-0.25, -0.2) is 0 Å². The first-order valence-electron chi connectivity index (χ1n) is 7.68. The van der Waals surface area contributed by atoms with Crippen molar-refractivity contribution in [2.45, 2.75) is 32.2 Å². The molecule has 7 heteroatoms. The molecule has 7 nitrogen and oxygen atoms in total. The van der Waals surface area contributed by atoms with Crippen molar-refractivity contribution in [3.8, 4) is 0 Å². The van der Waals surface area contributed by atoms with Gasteiger partial charge in [0.1, 0.15) is 0 Å². The first-order valence-corrected chi connectivity index (χ1v) is 7.68. The summed E-state index contributed by atoms with van der Waals surface area (Å²) in [6.45, 7) is 9.32. The van der Waals surface area contributed by atoms with Gasteiger partial charge in [0, 0.05) is 38.3 Å². The number of hydrogen-bond donors (Lipinski definition) is 1. The molecule has 0 saturated carbocycles. The SMILES string of the molecule is CN1CCN(c2nc(N)nc(N3CCCC3)n2)CC1(C)C. The largest absolute Gasteiger partial charge is 0.368 e. The Morgan fingerprint density at radius 3 is 2.14 bits per heavy atom. The van der Waals surface area contributed by atoms with Crippen molar-refractivity contribution < 1.29 is 0 Å². The van der Waals surface area contributed by atoms with Crippen LogP contribution in [-0.4, -0.2) is 65.2 Å². The molecule has 0 unspecified atom stereocenters. The number of nitrogen functional groups attached to an aromatic ring is 1. The monoisotopic (exact) mass is 291 g/mol. The molecule has 0 aliphatic carbocycles. The lowest BCUT2D eigenvalue weighted by Crippen LogP contribution is -2.58. The zero-order valence-corrected chi connectivity index (χ0v) is 13.2. The number of nitrogens with zero attached hydrogens (tertiary/aromatic N) is 6. The summed E-state index contributed by atoms with van der Waals surface area (Å²) < 4.78 is 0. The molecule has 0 bridgehead atoms. The Hall–Kier alpha value is -1.63. The van der Waals surface area contributed by atoms with Gasteiger partial charge in [-0.15, -0.1) is 0 Å². The van der Waals surface area contributed by atoms with Crippen LogP contribution in [0.25, 0.3) is 0 Å². The summed E-state index contributed by atoms with van der Waals surface area (Å²) in [5.41, 5.74) is 6.01. The Morgan fingerprint density at radius 1 is 0.905 bits per heavy atom. The van der Waals surface area contributed by atoms with E-state index in [1.807, 2.05) is 0 Å². The Kier molecular flexibility index (Phi) is 3.61. The van der Waals surface area contributed by atoms with E-state index in [4.69, 9.17) is 5.73 Å². The van der Waals surface area contributed by atoms with Crippen molar-refractivity contribution in [2.24, 2.45) is 0 Å². The second-order valence-corrected chi connectivity index (χ2v) is 6.64. The maximum absolute atomic E-state index is 5.90. The minimum atomic E-state index is 0.105. The first-order chi connectivity index (χ1) is 9.95. The van der Waals surface area contributed by atoms with Gasteiger partial charge in [0.25, 0.3) is 0 Å². The zero-order chi connectivity index (χ0) is 15.0. The van der Waals surface area contributed by atoms with E-state index >= 15 is 0 Å². The quantitative estimate of drug-likeness (QED) is 0.854. The van der Waals surface area contributed by atoms with E-state index in [-0.39, 0.29) is 5.54 Å². The number of nitrogens with two attached hydrogens (primary N) is 1. The standard InChI is InChI=1S/C14H25N7/c1-14(2)10-21(9-8-19(14)3)13-17-11(15)16-12(18-13)20-6-4-5-7-20/h4-10H2,1-3H3,(H2,15,16,17,18). The molecule has 0 aromatic carbocycles. The highest BCUT2D eigenvalue weighted by Gasteiger charge is 2.32. The molecule has 0 atom stereocenters. The molecule has 21 heavy (non-hydrogen) atoms. The normalized spacial score (nSPS) is 22.8. The van der Waals surface area contributed by atoms with Gasteiger partial charge in [-0.05, 0) is 33.7 Å². The first kappa shape index (κ1) is 14.3. The molecule has 2 saturated heterocycles. The molecular weight excluding hydrogens is 266 g/mol. The predicted octanol–water partition coefficient (Wildman–Crippen LogP) is 0.584. The molecule has 0 radical (unpaired) electrons. The van der Waals surface area contributed by atoms with Crippen LogP contribution in [0.2, 0.25) is 0 Å². The molecule has 1 aromatic heterocycles. The van der Waals surface area contributed by atoms with E-state index in [0.717, 1.165) is 38.7 Å². The predicted molar refractivity (Wildman–Crippen MR) is 84.6 cm³/mol. The lowest BCUT2D eigenvalue weighted by Gasteiger charge is -2.45.